The van der Waals surface area contributed by atoms with Crippen molar-refractivity contribution >= 4 is 27.4 Å². The first-order valence-corrected chi connectivity index (χ1v) is 27.4. The van der Waals surface area contributed by atoms with Crippen molar-refractivity contribution in [2.75, 3.05) is 11.5 Å². The zero-order chi connectivity index (χ0) is 42.0. The van der Waals surface area contributed by atoms with Crippen LogP contribution < -0.4 is 0 Å². The van der Waals surface area contributed by atoms with Crippen LogP contribution in [-0.4, -0.2) is 71.2 Å². The first-order valence-electron chi connectivity index (χ1n) is 24.9. The number of ketones is 1. The molecule has 2 heterocycles. The molecule has 61 heavy (non-hydrogen) atoms. The molecule has 1 aromatic rings. The van der Waals surface area contributed by atoms with E-state index in [4.69, 9.17) is 0 Å². The van der Waals surface area contributed by atoms with Gasteiger partial charge in [-0.25, -0.2) is 4.98 Å². The number of nitrogens with zero attached hydrogens (tertiary/aromatic N) is 2. The number of aromatic nitrogens is 2. The highest BCUT2D eigenvalue weighted by molar-refractivity contribution is 8.76. The summed E-state index contributed by atoms with van der Waals surface area (Å²) in [5.41, 5.74) is 5.83. The van der Waals surface area contributed by atoms with Crippen LogP contribution in [0.15, 0.2) is 52.7 Å². The zero-order valence-electron chi connectivity index (χ0n) is 37.2. The van der Waals surface area contributed by atoms with Crippen molar-refractivity contribution in [3.63, 3.8) is 0 Å². The molecule has 1 spiro atoms. The van der Waals surface area contributed by atoms with Gasteiger partial charge in [0.1, 0.15) is 0 Å². The molecule has 7 saturated carbocycles. The summed E-state index contributed by atoms with van der Waals surface area (Å²) in [6.07, 6.45) is 24.5. The summed E-state index contributed by atoms with van der Waals surface area (Å²) in [5, 5.41) is 50.6. The van der Waals surface area contributed by atoms with Crippen molar-refractivity contribution < 1.29 is 25.2 Å². The van der Waals surface area contributed by atoms with Crippen molar-refractivity contribution in [1.29, 1.82) is 0 Å². The predicted molar refractivity (Wildman–Crippen MR) is 242 cm³/mol. The lowest BCUT2D eigenvalue weighted by molar-refractivity contribution is -0.209. The molecule has 11 aliphatic rings. The first-order chi connectivity index (χ1) is 29.2. The normalized spacial score (nSPS) is 50.7. The SMILES string of the molecule is CC1(C)CC(n2ccnc2)CSSCC2CC(C3CC4CCCC5=C4C(C1=C1CCCC4(CCCC4)C51)C3O)C1(C)CC3CCC4C(O)C(O)CC5C(=O)C=C(C3C54C)C21O. The lowest BCUT2D eigenvalue weighted by Gasteiger charge is -2.68. The van der Waals surface area contributed by atoms with Gasteiger partial charge in [0.2, 0.25) is 0 Å². The Morgan fingerprint density at radius 2 is 1.61 bits per heavy atom. The highest BCUT2D eigenvalue weighted by atomic mass is 33.1. The molecule has 9 heteroatoms. The van der Waals surface area contributed by atoms with Crippen molar-refractivity contribution in [2.45, 2.75) is 167 Å². The van der Waals surface area contributed by atoms with Crippen LogP contribution in [0.25, 0.3) is 0 Å². The Morgan fingerprint density at radius 1 is 0.836 bits per heavy atom. The van der Waals surface area contributed by atoms with E-state index in [0.717, 1.165) is 55.6 Å². The Hall–Kier alpha value is -1.36. The van der Waals surface area contributed by atoms with Gasteiger partial charge >= 0.3 is 0 Å². The van der Waals surface area contributed by atoms with Crippen LogP contribution in [0.5, 0.6) is 0 Å². The van der Waals surface area contributed by atoms with E-state index < -0.39 is 34.7 Å². The first kappa shape index (κ1) is 41.1. The standard InChI is InChI=1S/C52H72N2O5S2/c1-48(2)24-31(54-18-17-53-27-54)26-61-60-25-30-20-36(49(3)23-29-12-13-35-47(58)40(56)21-37-39(55)22-38(52(30,49)59)43(29)50(35,37)4)34-19-28-9-7-10-32-41(28)42(46(34)57)45(48)33-11-8-16-51(44(32)33)14-5-6-15-51/h17-18,22,27-31,34-37,40,42-44,46-47,56-59H,5-16,19-21,23-26H2,1-4H3. The molecule has 12 rings (SSSR count). The average Bonchev–Trinajstić information content (AvgIpc) is 3.98. The Bertz CT molecular complexity index is 2070. The van der Waals surface area contributed by atoms with Gasteiger partial charge in [0, 0.05) is 59.0 Å². The molecular formula is C52H72N2O5S2. The van der Waals surface area contributed by atoms with E-state index >= 15 is 0 Å². The molecule has 0 aromatic carbocycles. The quantitative estimate of drug-likeness (QED) is 0.163. The van der Waals surface area contributed by atoms with Gasteiger partial charge in [0.25, 0.3) is 0 Å². The van der Waals surface area contributed by atoms with E-state index in [9.17, 15) is 25.2 Å². The van der Waals surface area contributed by atoms with E-state index in [1.54, 1.807) is 22.3 Å². The summed E-state index contributed by atoms with van der Waals surface area (Å²) < 4.78 is 2.35. The number of allylic oxidation sites excluding steroid dienone is 3. The largest absolute Gasteiger partial charge is 0.392 e. The number of imidazole rings is 1. The number of carbonyl (C=O) groups excluding carboxylic acids is 1. The van der Waals surface area contributed by atoms with E-state index in [1.165, 1.54) is 64.2 Å². The molecule has 8 fully saturated rings. The van der Waals surface area contributed by atoms with Gasteiger partial charge in [-0.3, -0.25) is 4.79 Å². The fourth-order valence-corrected chi connectivity index (χ4v) is 22.2. The van der Waals surface area contributed by atoms with Gasteiger partial charge in [0.15, 0.2) is 5.78 Å². The van der Waals surface area contributed by atoms with Crippen LogP contribution in [0.3, 0.4) is 0 Å². The van der Waals surface area contributed by atoms with Crippen molar-refractivity contribution in [3.8, 4) is 0 Å². The molecule has 4 N–H and O–H groups in total. The summed E-state index contributed by atoms with van der Waals surface area (Å²) in [6.45, 7) is 9.73. The third kappa shape index (κ3) is 5.40. The Kier molecular flexibility index (Phi) is 9.48. The van der Waals surface area contributed by atoms with Crippen molar-refractivity contribution in [2.24, 2.45) is 80.8 Å². The Labute approximate surface area is 372 Å². The molecule has 17 unspecified atom stereocenters. The molecule has 1 aliphatic heterocycles. The maximum Gasteiger partial charge on any atom is 0.159 e. The van der Waals surface area contributed by atoms with E-state index in [1.807, 2.05) is 40.2 Å². The Morgan fingerprint density at radius 3 is 2.39 bits per heavy atom. The topological polar surface area (TPSA) is 116 Å². The summed E-state index contributed by atoms with van der Waals surface area (Å²) in [4.78, 5) is 19.2. The van der Waals surface area contributed by atoms with Crippen LogP contribution in [0.1, 0.15) is 143 Å². The summed E-state index contributed by atoms with van der Waals surface area (Å²) in [7, 11) is 3.87. The van der Waals surface area contributed by atoms with E-state index in [0.29, 0.717) is 29.6 Å². The molecule has 0 amide bonds. The number of fused-ring (bicyclic) bond motifs is 11. The maximum absolute atomic E-state index is 14.6. The third-order valence-corrected chi connectivity index (χ3v) is 24.0. The lowest BCUT2D eigenvalue weighted by Crippen LogP contribution is -2.69. The van der Waals surface area contributed by atoms with Crippen LogP contribution in [0, 0.1) is 80.8 Å². The highest BCUT2D eigenvalue weighted by Crippen LogP contribution is 2.76. The minimum Gasteiger partial charge on any atom is -0.392 e. The monoisotopic (exact) mass is 868 g/mol. The summed E-state index contributed by atoms with van der Waals surface area (Å²) in [6, 6.07) is 0.241. The number of aliphatic hydroxyl groups excluding tert-OH is 3. The molecule has 0 radical (unpaired) electrons. The zero-order valence-corrected chi connectivity index (χ0v) is 38.9. The van der Waals surface area contributed by atoms with Crippen LogP contribution in [0.4, 0.5) is 0 Å². The second-order valence-electron chi connectivity index (χ2n) is 24.1. The van der Waals surface area contributed by atoms with Crippen LogP contribution in [-0.2, 0) is 4.79 Å². The molecule has 1 aromatic heterocycles. The van der Waals surface area contributed by atoms with Crippen LogP contribution >= 0.6 is 21.6 Å². The van der Waals surface area contributed by atoms with Gasteiger partial charge in [-0.05, 0) is 160 Å². The Balaban J connectivity index is 1.03. The van der Waals surface area contributed by atoms with Gasteiger partial charge in [-0.1, -0.05) is 84.4 Å². The molecular weight excluding hydrogens is 797 g/mol. The third-order valence-electron chi connectivity index (χ3n) is 21.5. The van der Waals surface area contributed by atoms with Gasteiger partial charge < -0.3 is 25.0 Å². The average molecular weight is 869 g/mol. The molecule has 7 nitrogen and oxygen atoms in total. The predicted octanol–water partition coefficient (Wildman–Crippen LogP) is 9.68. The van der Waals surface area contributed by atoms with Gasteiger partial charge in [-0.2, -0.15) is 0 Å². The molecule has 17 atom stereocenters. The molecule has 4 bridgehead atoms. The minimum absolute atomic E-state index is 0.00845. The van der Waals surface area contributed by atoms with Gasteiger partial charge in [0.05, 0.1) is 30.2 Å². The number of aliphatic hydroxyl groups is 4. The smallest absolute Gasteiger partial charge is 0.159 e. The fourth-order valence-electron chi connectivity index (χ4n) is 19.5. The number of hydrogen-bond donors (Lipinski definition) is 4. The molecule has 10 aliphatic carbocycles. The second-order valence-corrected chi connectivity index (χ2v) is 26.7. The second kappa shape index (κ2) is 14.1. The number of hydrogen-bond acceptors (Lipinski definition) is 8. The number of carbonyl (C=O) groups is 1. The minimum atomic E-state index is -1.19. The summed E-state index contributed by atoms with van der Waals surface area (Å²) in [5.74, 6) is 2.81. The number of rotatable bonds is 1. The highest BCUT2D eigenvalue weighted by Gasteiger charge is 2.75. The van der Waals surface area contributed by atoms with E-state index in [-0.39, 0.29) is 58.7 Å². The molecule has 1 saturated heterocycles. The van der Waals surface area contributed by atoms with Gasteiger partial charge in [-0.15, -0.1) is 0 Å². The van der Waals surface area contributed by atoms with Crippen LogP contribution in [0.2, 0.25) is 0 Å². The lowest BCUT2D eigenvalue weighted by atomic mass is 9.37. The fraction of sp³-hybridized carbons (Fsp3) is 0.808. The van der Waals surface area contributed by atoms with Crippen molar-refractivity contribution in [3.05, 3.63) is 52.7 Å². The molecule has 332 valence electrons. The van der Waals surface area contributed by atoms with Crippen molar-refractivity contribution in [1.82, 2.24) is 9.55 Å². The van der Waals surface area contributed by atoms with E-state index in [2.05, 4.69) is 43.4 Å². The summed E-state index contributed by atoms with van der Waals surface area (Å²) >= 11 is 0. The maximum atomic E-state index is 14.6.